The maximum Gasteiger partial charge on any atom is 0.250 e. The van der Waals surface area contributed by atoms with Crippen LogP contribution in [0.3, 0.4) is 0 Å². The van der Waals surface area contributed by atoms with Crippen molar-refractivity contribution in [2.24, 2.45) is 5.73 Å². The standard InChI is InChI=1S/C17H15FN4O/c18-12-3-1-2-11(8-12)6-7-21-15-5-4-13(17(19)23)16-14(15)9-20-10-22-16/h1-5,8-10,21H,6-7H2,(H2,19,23). The zero-order chi connectivity index (χ0) is 16.2. The van der Waals surface area contributed by atoms with Gasteiger partial charge in [0.2, 0.25) is 0 Å². The fourth-order valence-corrected chi connectivity index (χ4v) is 2.46. The molecule has 0 saturated heterocycles. The summed E-state index contributed by atoms with van der Waals surface area (Å²) in [5.41, 5.74) is 7.96. The number of rotatable bonds is 5. The van der Waals surface area contributed by atoms with E-state index >= 15 is 0 Å². The summed E-state index contributed by atoms with van der Waals surface area (Å²) in [6.45, 7) is 0.614. The minimum Gasteiger partial charge on any atom is -0.384 e. The van der Waals surface area contributed by atoms with Crippen molar-refractivity contribution in [1.29, 1.82) is 0 Å². The fourth-order valence-electron chi connectivity index (χ4n) is 2.46. The molecule has 1 heterocycles. The van der Waals surface area contributed by atoms with E-state index in [1.54, 1.807) is 24.4 Å². The van der Waals surface area contributed by atoms with Gasteiger partial charge in [0.15, 0.2) is 0 Å². The summed E-state index contributed by atoms with van der Waals surface area (Å²) in [5, 5.41) is 3.99. The lowest BCUT2D eigenvalue weighted by Crippen LogP contribution is -2.13. The molecule has 3 rings (SSSR count). The number of benzene rings is 2. The Bertz CT molecular complexity index is 866. The number of fused-ring (bicyclic) bond motifs is 1. The summed E-state index contributed by atoms with van der Waals surface area (Å²) < 4.78 is 13.2. The van der Waals surface area contributed by atoms with E-state index in [4.69, 9.17) is 5.73 Å². The van der Waals surface area contributed by atoms with Crippen LogP contribution < -0.4 is 11.1 Å². The van der Waals surface area contributed by atoms with Crippen LogP contribution in [0.4, 0.5) is 10.1 Å². The molecule has 5 nitrogen and oxygen atoms in total. The number of halogens is 1. The number of nitrogens with zero attached hydrogens (tertiary/aromatic N) is 2. The lowest BCUT2D eigenvalue weighted by atomic mass is 10.1. The summed E-state index contributed by atoms with van der Waals surface area (Å²) in [6, 6.07) is 9.92. The molecule has 0 aliphatic rings. The van der Waals surface area contributed by atoms with E-state index in [-0.39, 0.29) is 5.82 Å². The molecule has 0 unspecified atom stereocenters. The molecule has 0 fully saturated rings. The molecule has 3 aromatic rings. The smallest absolute Gasteiger partial charge is 0.250 e. The lowest BCUT2D eigenvalue weighted by Gasteiger charge is -2.11. The van der Waals surface area contributed by atoms with Gasteiger partial charge in [0.05, 0.1) is 11.1 Å². The Labute approximate surface area is 132 Å². The second kappa shape index (κ2) is 6.39. The van der Waals surface area contributed by atoms with Crippen molar-refractivity contribution >= 4 is 22.5 Å². The highest BCUT2D eigenvalue weighted by Gasteiger charge is 2.11. The van der Waals surface area contributed by atoms with Gasteiger partial charge >= 0.3 is 0 Å². The number of nitrogens with two attached hydrogens (primary N) is 1. The van der Waals surface area contributed by atoms with Crippen LogP contribution in [-0.2, 0) is 6.42 Å². The molecule has 3 N–H and O–H groups in total. The number of hydrogen-bond acceptors (Lipinski definition) is 4. The Hall–Kier alpha value is -3.02. The molecule has 0 radical (unpaired) electrons. The van der Waals surface area contributed by atoms with Gasteiger partial charge in [-0.05, 0) is 36.2 Å². The first-order valence-corrected chi connectivity index (χ1v) is 7.16. The van der Waals surface area contributed by atoms with Crippen LogP contribution in [0.1, 0.15) is 15.9 Å². The average molecular weight is 310 g/mol. The first-order valence-electron chi connectivity index (χ1n) is 7.16. The third-order valence-electron chi connectivity index (χ3n) is 3.56. The van der Waals surface area contributed by atoms with Crippen molar-refractivity contribution in [1.82, 2.24) is 9.97 Å². The molecule has 1 amide bonds. The van der Waals surface area contributed by atoms with Crippen LogP contribution in [-0.4, -0.2) is 22.4 Å². The van der Waals surface area contributed by atoms with E-state index in [9.17, 15) is 9.18 Å². The van der Waals surface area contributed by atoms with Crippen molar-refractivity contribution in [3.63, 3.8) is 0 Å². The minimum atomic E-state index is -0.528. The van der Waals surface area contributed by atoms with E-state index < -0.39 is 5.91 Å². The predicted octanol–water partition coefficient (Wildman–Crippen LogP) is 2.52. The molecule has 116 valence electrons. The number of carbonyl (C=O) groups excluding carboxylic acids is 1. The van der Waals surface area contributed by atoms with Gasteiger partial charge in [-0.3, -0.25) is 4.79 Å². The van der Waals surface area contributed by atoms with Crippen molar-refractivity contribution in [2.75, 3.05) is 11.9 Å². The van der Waals surface area contributed by atoms with E-state index in [0.717, 1.165) is 16.6 Å². The Kier molecular flexibility index (Phi) is 4.14. The molecule has 23 heavy (non-hydrogen) atoms. The van der Waals surface area contributed by atoms with E-state index in [0.29, 0.717) is 24.0 Å². The molecule has 0 spiro atoms. The van der Waals surface area contributed by atoms with Crippen LogP contribution in [0.5, 0.6) is 0 Å². The molecule has 0 atom stereocenters. The van der Waals surface area contributed by atoms with E-state index in [1.165, 1.54) is 18.5 Å². The molecule has 0 bridgehead atoms. The Morgan fingerprint density at radius 3 is 2.91 bits per heavy atom. The fraction of sp³-hybridized carbons (Fsp3) is 0.118. The van der Waals surface area contributed by atoms with Crippen LogP contribution in [0.15, 0.2) is 48.9 Å². The first kappa shape index (κ1) is 14.9. The van der Waals surface area contributed by atoms with Gasteiger partial charge < -0.3 is 11.1 Å². The summed E-state index contributed by atoms with van der Waals surface area (Å²) in [7, 11) is 0. The average Bonchev–Trinajstić information content (AvgIpc) is 2.55. The number of primary amides is 1. The number of hydrogen-bond donors (Lipinski definition) is 2. The van der Waals surface area contributed by atoms with Gasteiger partial charge in [-0.1, -0.05) is 12.1 Å². The summed E-state index contributed by atoms with van der Waals surface area (Å²) in [6.07, 6.45) is 3.69. The second-order valence-corrected chi connectivity index (χ2v) is 5.12. The number of nitrogens with one attached hydrogen (secondary N) is 1. The summed E-state index contributed by atoms with van der Waals surface area (Å²) >= 11 is 0. The van der Waals surface area contributed by atoms with Crippen molar-refractivity contribution in [2.45, 2.75) is 6.42 Å². The SMILES string of the molecule is NC(=O)c1ccc(NCCc2cccc(F)c2)c2cncnc12. The van der Waals surface area contributed by atoms with E-state index in [1.807, 2.05) is 6.07 Å². The first-order chi connectivity index (χ1) is 11.1. The van der Waals surface area contributed by atoms with Crippen LogP contribution in [0.25, 0.3) is 10.9 Å². The topological polar surface area (TPSA) is 80.9 Å². The predicted molar refractivity (Wildman–Crippen MR) is 86.6 cm³/mol. The van der Waals surface area contributed by atoms with Crippen molar-refractivity contribution in [3.05, 3.63) is 65.9 Å². The van der Waals surface area contributed by atoms with Gasteiger partial charge in [-0.25, -0.2) is 14.4 Å². The zero-order valence-electron chi connectivity index (χ0n) is 12.3. The maximum atomic E-state index is 13.2. The Balaban J connectivity index is 1.81. The van der Waals surface area contributed by atoms with Gasteiger partial charge in [-0.2, -0.15) is 0 Å². The van der Waals surface area contributed by atoms with Gasteiger partial charge in [0.1, 0.15) is 12.1 Å². The second-order valence-electron chi connectivity index (χ2n) is 5.12. The number of amides is 1. The monoisotopic (exact) mass is 310 g/mol. The van der Waals surface area contributed by atoms with Crippen molar-refractivity contribution in [3.8, 4) is 0 Å². The highest BCUT2D eigenvalue weighted by Crippen LogP contribution is 2.24. The van der Waals surface area contributed by atoms with Gasteiger partial charge in [-0.15, -0.1) is 0 Å². The van der Waals surface area contributed by atoms with Crippen LogP contribution in [0, 0.1) is 5.82 Å². The molecule has 0 aliphatic carbocycles. The molecule has 2 aromatic carbocycles. The molecular weight excluding hydrogens is 295 g/mol. The van der Waals surface area contributed by atoms with Gasteiger partial charge in [0.25, 0.3) is 5.91 Å². The number of anilines is 1. The summed E-state index contributed by atoms with van der Waals surface area (Å²) in [4.78, 5) is 19.6. The highest BCUT2D eigenvalue weighted by molar-refractivity contribution is 6.07. The highest BCUT2D eigenvalue weighted by atomic mass is 19.1. The van der Waals surface area contributed by atoms with Gasteiger partial charge in [0, 0.05) is 23.8 Å². The largest absolute Gasteiger partial charge is 0.384 e. The Morgan fingerprint density at radius 2 is 2.13 bits per heavy atom. The van der Waals surface area contributed by atoms with Crippen LogP contribution >= 0.6 is 0 Å². The zero-order valence-corrected chi connectivity index (χ0v) is 12.3. The molecule has 6 heteroatoms. The minimum absolute atomic E-state index is 0.243. The van der Waals surface area contributed by atoms with Crippen molar-refractivity contribution < 1.29 is 9.18 Å². The number of aromatic nitrogens is 2. The third-order valence-corrected chi connectivity index (χ3v) is 3.56. The van der Waals surface area contributed by atoms with E-state index in [2.05, 4.69) is 15.3 Å². The maximum absolute atomic E-state index is 13.2. The Morgan fingerprint density at radius 1 is 1.26 bits per heavy atom. The molecule has 0 aliphatic heterocycles. The van der Waals surface area contributed by atoms with Crippen LogP contribution in [0.2, 0.25) is 0 Å². The number of carbonyl (C=O) groups is 1. The summed E-state index contributed by atoms with van der Waals surface area (Å²) in [5.74, 6) is -0.771. The third kappa shape index (κ3) is 3.26. The molecule has 1 aromatic heterocycles. The molecular formula is C17H15FN4O. The lowest BCUT2D eigenvalue weighted by molar-refractivity contribution is 0.100. The quantitative estimate of drug-likeness (QED) is 0.759. The normalized spacial score (nSPS) is 10.7. The molecule has 0 saturated carbocycles.